The summed E-state index contributed by atoms with van der Waals surface area (Å²) in [7, 11) is 0.374. The lowest BCUT2D eigenvalue weighted by atomic mass is 9.92. The molecular weight excluding hydrogens is 440 g/mol. The minimum atomic E-state index is -1.26. The highest BCUT2D eigenvalue weighted by Crippen LogP contribution is 2.37. The lowest BCUT2D eigenvalue weighted by Crippen LogP contribution is -2.31. The van der Waals surface area contributed by atoms with Crippen LogP contribution in [0, 0.1) is 18.8 Å². The van der Waals surface area contributed by atoms with Crippen molar-refractivity contribution in [1.29, 1.82) is 0 Å². The molecule has 2 aromatic carbocycles. The first-order valence-corrected chi connectivity index (χ1v) is 12.8. The molecule has 0 radical (unpaired) electrons. The molecule has 33 heavy (non-hydrogen) atoms. The van der Waals surface area contributed by atoms with E-state index in [4.69, 9.17) is 18.9 Å². The number of hydrogen-bond donors (Lipinski definition) is 1. The fraction of sp³-hybridized carbons (Fsp3) is 0.538. The molecule has 1 N–H and O–H groups in total. The van der Waals surface area contributed by atoms with Gasteiger partial charge in [0.05, 0.1) is 55.2 Å². The molecule has 0 aliphatic heterocycles. The number of hydrogen-bond acceptors (Lipinski definition) is 6. The molecule has 0 saturated heterocycles. The summed E-state index contributed by atoms with van der Waals surface area (Å²) >= 11 is 0. The smallest absolute Gasteiger partial charge is 0.147 e. The van der Waals surface area contributed by atoms with Crippen LogP contribution in [-0.2, 0) is 36.4 Å². The number of aliphatic hydroxyl groups excluding tert-OH is 1. The molecule has 1 saturated carbocycles. The van der Waals surface area contributed by atoms with Crippen LogP contribution in [-0.4, -0.2) is 61.0 Å². The van der Waals surface area contributed by atoms with Crippen molar-refractivity contribution in [3.05, 3.63) is 65.7 Å². The standard InChI is InChI=1S/C26H36O6S/c1-20-8-10-24(11-9-20)33(28)18-26(27)25-15-23(32-19-30-13-12-29-2)14-22(25)17-31-16-21-6-4-3-5-7-21/h3-11,22-23,25-27H,12-19H2,1-2H3/t22-,23-,25+,26+,33+/m0/s1. The second-order valence-electron chi connectivity index (χ2n) is 8.60. The fourth-order valence-electron chi connectivity index (χ4n) is 4.22. The van der Waals surface area contributed by atoms with Crippen LogP contribution in [0.1, 0.15) is 24.0 Å². The van der Waals surface area contributed by atoms with Gasteiger partial charge >= 0.3 is 0 Å². The van der Waals surface area contributed by atoms with Crippen LogP contribution in [0.25, 0.3) is 0 Å². The third-order valence-corrected chi connectivity index (χ3v) is 7.51. The van der Waals surface area contributed by atoms with E-state index in [-0.39, 0.29) is 30.5 Å². The zero-order valence-corrected chi connectivity index (χ0v) is 20.4. The van der Waals surface area contributed by atoms with E-state index in [0.29, 0.717) is 32.8 Å². The fourth-order valence-corrected chi connectivity index (χ4v) is 5.41. The molecule has 7 heteroatoms. The maximum atomic E-state index is 12.8. The molecule has 2 aromatic rings. The van der Waals surface area contributed by atoms with Crippen molar-refractivity contribution in [2.45, 2.75) is 43.5 Å². The predicted octanol–water partition coefficient (Wildman–Crippen LogP) is 3.71. The average molecular weight is 477 g/mol. The van der Waals surface area contributed by atoms with Gasteiger partial charge in [0, 0.05) is 12.0 Å². The Kier molecular flexibility index (Phi) is 11.0. The van der Waals surface area contributed by atoms with Gasteiger partial charge < -0.3 is 24.1 Å². The van der Waals surface area contributed by atoms with E-state index in [0.717, 1.165) is 22.4 Å². The van der Waals surface area contributed by atoms with E-state index in [1.165, 1.54) is 0 Å². The minimum Gasteiger partial charge on any atom is -0.392 e. The van der Waals surface area contributed by atoms with Gasteiger partial charge in [0.1, 0.15) is 6.79 Å². The third kappa shape index (κ3) is 8.59. The minimum absolute atomic E-state index is 0.0228. The molecule has 5 atom stereocenters. The van der Waals surface area contributed by atoms with Crippen LogP contribution in [0.4, 0.5) is 0 Å². The quantitative estimate of drug-likeness (QED) is 0.331. The van der Waals surface area contributed by atoms with Crippen LogP contribution in [0.3, 0.4) is 0 Å². The molecule has 0 unspecified atom stereocenters. The molecule has 1 aliphatic carbocycles. The Balaban J connectivity index is 1.56. The van der Waals surface area contributed by atoms with Crippen LogP contribution < -0.4 is 0 Å². The van der Waals surface area contributed by atoms with E-state index < -0.39 is 16.9 Å². The van der Waals surface area contributed by atoms with E-state index in [9.17, 15) is 9.32 Å². The van der Waals surface area contributed by atoms with Gasteiger partial charge in [-0.1, -0.05) is 48.0 Å². The van der Waals surface area contributed by atoms with Gasteiger partial charge in [-0.2, -0.15) is 0 Å². The van der Waals surface area contributed by atoms with Gasteiger partial charge in [-0.15, -0.1) is 0 Å². The van der Waals surface area contributed by atoms with Crippen molar-refractivity contribution >= 4 is 10.8 Å². The molecule has 6 nitrogen and oxygen atoms in total. The van der Waals surface area contributed by atoms with Gasteiger partial charge in [-0.05, 0) is 49.3 Å². The molecule has 0 spiro atoms. The largest absolute Gasteiger partial charge is 0.392 e. The molecule has 1 fully saturated rings. The Morgan fingerprint density at radius 2 is 1.79 bits per heavy atom. The molecular formula is C26H36O6S. The first kappa shape index (κ1) is 26.0. The molecule has 0 heterocycles. The third-order valence-electron chi connectivity index (χ3n) is 6.07. The normalized spacial score (nSPS) is 22.3. The zero-order chi connectivity index (χ0) is 23.5. The molecule has 0 bridgehead atoms. The summed E-state index contributed by atoms with van der Waals surface area (Å²) in [6.45, 7) is 4.26. The number of aliphatic hydroxyl groups is 1. The van der Waals surface area contributed by atoms with Crippen molar-refractivity contribution in [2.24, 2.45) is 11.8 Å². The van der Waals surface area contributed by atoms with Crippen LogP contribution in [0.5, 0.6) is 0 Å². The highest BCUT2D eigenvalue weighted by molar-refractivity contribution is 7.85. The average Bonchev–Trinajstić information content (AvgIpc) is 3.23. The monoisotopic (exact) mass is 476 g/mol. The molecule has 0 amide bonds. The van der Waals surface area contributed by atoms with Crippen LogP contribution >= 0.6 is 0 Å². The first-order valence-electron chi connectivity index (χ1n) is 11.5. The summed E-state index contributed by atoms with van der Waals surface area (Å²) in [6.07, 6.45) is 0.756. The van der Waals surface area contributed by atoms with Crippen molar-refractivity contribution < 1.29 is 28.3 Å². The van der Waals surface area contributed by atoms with Gasteiger partial charge in [-0.25, -0.2) is 0 Å². The maximum absolute atomic E-state index is 12.8. The summed E-state index contributed by atoms with van der Waals surface area (Å²) in [5, 5.41) is 11.0. The number of benzene rings is 2. The lowest BCUT2D eigenvalue weighted by Gasteiger charge is -2.24. The molecule has 0 aromatic heterocycles. The summed E-state index contributed by atoms with van der Waals surface area (Å²) in [6, 6.07) is 17.7. The summed E-state index contributed by atoms with van der Waals surface area (Å²) in [5.41, 5.74) is 2.24. The van der Waals surface area contributed by atoms with E-state index in [1.807, 2.05) is 61.5 Å². The Hall–Kier alpha value is -1.61. The Labute approximate surface area is 199 Å². The predicted molar refractivity (Wildman–Crippen MR) is 128 cm³/mol. The van der Waals surface area contributed by atoms with E-state index >= 15 is 0 Å². The Bertz CT molecular complexity index is 828. The second kappa shape index (κ2) is 13.9. The Morgan fingerprint density at radius 3 is 2.52 bits per heavy atom. The van der Waals surface area contributed by atoms with E-state index in [1.54, 1.807) is 7.11 Å². The number of rotatable bonds is 14. The number of ether oxygens (including phenoxy) is 4. The molecule has 182 valence electrons. The maximum Gasteiger partial charge on any atom is 0.147 e. The number of aryl methyl sites for hydroxylation is 1. The highest BCUT2D eigenvalue weighted by atomic mass is 32.2. The number of methoxy groups -OCH3 is 1. The first-order chi connectivity index (χ1) is 16.1. The summed E-state index contributed by atoms with van der Waals surface area (Å²) in [5.74, 6) is 0.293. The lowest BCUT2D eigenvalue weighted by molar-refractivity contribution is -0.0976. The highest BCUT2D eigenvalue weighted by Gasteiger charge is 2.39. The van der Waals surface area contributed by atoms with Gasteiger partial charge in [0.15, 0.2) is 0 Å². The SMILES string of the molecule is COCCOCO[C@H]1C[C@@H](COCc2ccccc2)[C@H]([C@H](O)C[S@@](=O)c2ccc(C)cc2)C1. The van der Waals surface area contributed by atoms with Crippen LogP contribution in [0.2, 0.25) is 0 Å². The second-order valence-corrected chi connectivity index (χ2v) is 10.1. The Morgan fingerprint density at radius 1 is 1.03 bits per heavy atom. The van der Waals surface area contributed by atoms with Gasteiger partial charge in [-0.3, -0.25) is 4.21 Å². The summed E-state index contributed by atoms with van der Waals surface area (Å²) in [4.78, 5) is 0.744. The molecule has 3 rings (SSSR count). The van der Waals surface area contributed by atoms with Crippen molar-refractivity contribution in [3.63, 3.8) is 0 Å². The summed E-state index contributed by atoms with van der Waals surface area (Å²) < 4.78 is 35.2. The zero-order valence-electron chi connectivity index (χ0n) is 19.6. The van der Waals surface area contributed by atoms with Crippen molar-refractivity contribution in [3.8, 4) is 0 Å². The topological polar surface area (TPSA) is 74.2 Å². The molecule has 1 aliphatic rings. The van der Waals surface area contributed by atoms with Crippen molar-refractivity contribution in [2.75, 3.05) is 39.5 Å². The van der Waals surface area contributed by atoms with Gasteiger partial charge in [0.25, 0.3) is 0 Å². The van der Waals surface area contributed by atoms with Gasteiger partial charge in [0.2, 0.25) is 0 Å². The van der Waals surface area contributed by atoms with Crippen molar-refractivity contribution in [1.82, 2.24) is 0 Å². The van der Waals surface area contributed by atoms with Crippen LogP contribution in [0.15, 0.2) is 59.5 Å². The van der Waals surface area contributed by atoms with E-state index in [2.05, 4.69) is 0 Å².